The van der Waals surface area contributed by atoms with Gasteiger partial charge < -0.3 is 9.55 Å². The van der Waals surface area contributed by atoms with Crippen LogP contribution in [0.2, 0.25) is 0 Å². The number of aromatic nitrogens is 2. The van der Waals surface area contributed by atoms with Crippen molar-refractivity contribution in [3.05, 3.63) is 176 Å². The quantitative estimate of drug-likeness (QED) is 0.205. The van der Waals surface area contributed by atoms with E-state index in [-0.39, 0.29) is 0 Å². The first-order valence-corrected chi connectivity index (χ1v) is 16.5. The van der Waals surface area contributed by atoms with E-state index >= 15 is 0 Å². The summed E-state index contributed by atoms with van der Waals surface area (Å²) in [6, 6.07) is 63.9. The number of rotatable bonds is 4. The number of hydrogen-bond donors (Lipinski definition) is 1. The van der Waals surface area contributed by atoms with E-state index in [0.29, 0.717) is 0 Å². The van der Waals surface area contributed by atoms with Gasteiger partial charge in [0.05, 0.1) is 16.6 Å². The monoisotopic (exact) mass is 610 g/mol. The standard InChI is InChI=1S/C46H30N2/c1-2-10-35(11-3-1)48-44-17-9-7-14-38(44)39-27-26-34(28-45(39)48)32-20-18-30(19-21-32)31-22-24-33(25-23-31)41-29-42-37-13-6-8-16-43(37)47-46(42)40-15-5-4-12-36(40)41/h1-29,47H. The lowest BCUT2D eigenvalue weighted by molar-refractivity contribution is 1.18. The van der Waals surface area contributed by atoms with Gasteiger partial charge in [0.15, 0.2) is 0 Å². The van der Waals surface area contributed by atoms with Gasteiger partial charge in [-0.05, 0) is 75.2 Å². The Kier molecular flexibility index (Phi) is 5.91. The highest BCUT2D eigenvalue weighted by molar-refractivity contribution is 6.20. The Morgan fingerprint density at radius 1 is 0.333 bits per heavy atom. The van der Waals surface area contributed by atoms with Crippen LogP contribution in [0, 0.1) is 0 Å². The minimum absolute atomic E-state index is 1.17. The van der Waals surface area contributed by atoms with Gasteiger partial charge >= 0.3 is 0 Å². The molecule has 2 heterocycles. The molecule has 2 nitrogen and oxygen atoms in total. The number of benzene rings is 8. The fourth-order valence-corrected chi connectivity index (χ4v) is 7.63. The Hall–Kier alpha value is -6.38. The summed E-state index contributed by atoms with van der Waals surface area (Å²) in [5.74, 6) is 0. The average molecular weight is 611 g/mol. The third kappa shape index (κ3) is 4.13. The zero-order chi connectivity index (χ0) is 31.6. The van der Waals surface area contributed by atoms with Crippen LogP contribution in [0.15, 0.2) is 176 Å². The summed E-state index contributed by atoms with van der Waals surface area (Å²) >= 11 is 0. The van der Waals surface area contributed by atoms with Crippen LogP contribution < -0.4 is 0 Å². The van der Waals surface area contributed by atoms with E-state index in [2.05, 4.69) is 185 Å². The van der Waals surface area contributed by atoms with E-state index in [1.807, 2.05) is 0 Å². The fourth-order valence-electron chi connectivity index (χ4n) is 7.63. The van der Waals surface area contributed by atoms with Crippen molar-refractivity contribution in [2.24, 2.45) is 0 Å². The third-order valence-electron chi connectivity index (χ3n) is 9.96. The SMILES string of the molecule is c1ccc(-n2c3ccccc3c3ccc(-c4ccc(-c5ccc(-c6cc7c8ccccc8[nH]c7c7ccccc67)cc5)cc4)cc32)cc1. The molecule has 0 radical (unpaired) electrons. The molecule has 224 valence electrons. The minimum Gasteiger partial charge on any atom is -0.354 e. The highest BCUT2D eigenvalue weighted by Crippen LogP contribution is 2.39. The fraction of sp³-hybridized carbons (Fsp3) is 0. The molecule has 0 amide bonds. The second-order valence-electron chi connectivity index (χ2n) is 12.6. The number of H-pyrrole nitrogens is 1. The maximum absolute atomic E-state index is 3.67. The largest absolute Gasteiger partial charge is 0.354 e. The molecule has 0 spiro atoms. The molecule has 0 saturated carbocycles. The Morgan fingerprint density at radius 2 is 0.875 bits per heavy atom. The predicted octanol–water partition coefficient (Wildman–Crippen LogP) is 12.6. The molecule has 2 heteroatoms. The maximum atomic E-state index is 3.67. The number of para-hydroxylation sites is 3. The Labute approximate surface area is 278 Å². The van der Waals surface area contributed by atoms with Crippen LogP contribution in [0.5, 0.6) is 0 Å². The van der Waals surface area contributed by atoms with Crippen molar-refractivity contribution in [2.75, 3.05) is 0 Å². The Balaban J connectivity index is 1.02. The van der Waals surface area contributed by atoms with Gasteiger partial charge in [0, 0.05) is 38.1 Å². The summed E-state index contributed by atoms with van der Waals surface area (Å²) < 4.78 is 2.38. The summed E-state index contributed by atoms with van der Waals surface area (Å²) in [5.41, 5.74) is 13.3. The van der Waals surface area contributed by atoms with Crippen LogP contribution in [0.3, 0.4) is 0 Å². The zero-order valence-electron chi connectivity index (χ0n) is 26.2. The number of fused-ring (bicyclic) bond motifs is 8. The molecule has 1 N–H and O–H groups in total. The van der Waals surface area contributed by atoms with E-state index in [0.717, 1.165) is 0 Å². The van der Waals surface area contributed by atoms with E-state index in [4.69, 9.17) is 0 Å². The van der Waals surface area contributed by atoms with Gasteiger partial charge in [-0.25, -0.2) is 0 Å². The lowest BCUT2D eigenvalue weighted by Gasteiger charge is -2.11. The lowest BCUT2D eigenvalue weighted by Crippen LogP contribution is -1.93. The van der Waals surface area contributed by atoms with Crippen molar-refractivity contribution in [2.45, 2.75) is 0 Å². The van der Waals surface area contributed by atoms with Gasteiger partial charge in [0.2, 0.25) is 0 Å². The molecule has 10 aromatic rings. The predicted molar refractivity (Wildman–Crippen MR) is 204 cm³/mol. The van der Waals surface area contributed by atoms with Crippen molar-refractivity contribution in [1.29, 1.82) is 0 Å². The summed E-state index contributed by atoms with van der Waals surface area (Å²) in [6.07, 6.45) is 0. The molecular formula is C46H30N2. The van der Waals surface area contributed by atoms with Crippen molar-refractivity contribution in [3.63, 3.8) is 0 Å². The molecule has 0 bridgehead atoms. The van der Waals surface area contributed by atoms with Gasteiger partial charge in [0.1, 0.15) is 0 Å². The lowest BCUT2D eigenvalue weighted by atomic mass is 9.93. The molecular weight excluding hydrogens is 581 g/mol. The van der Waals surface area contributed by atoms with Crippen LogP contribution in [0.25, 0.3) is 93.5 Å². The number of nitrogens with zero attached hydrogens (tertiary/aromatic N) is 1. The van der Waals surface area contributed by atoms with Crippen LogP contribution in [0.4, 0.5) is 0 Å². The van der Waals surface area contributed by atoms with Gasteiger partial charge in [-0.1, -0.05) is 140 Å². The smallest absolute Gasteiger partial charge is 0.0547 e. The maximum Gasteiger partial charge on any atom is 0.0547 e. The van der Waals surface area contributed by atoms with E-state index in [1.54, 1.807) is 0 Å². The van der Waals surface area contributed by atoms with Crippen LogP contribution in [0.1, 0.15) is 0 Å². The average Bonchev–Trinajstić information content (AvgIpc) is 3.71. The summed E-state index contributed by atoms with van der Waals surface area (Å²) in [4.78, 5) is 3.67. The van der Waals surface area contributed by atoms with Gasteiger partial charge in [0.25, 0.3) is 0 Å². The Bertz CT molecular complexity index is 2800. The van der Waals surface area contributed by atoms with Crippen molar-refractivity contribution < 1.29 is 0 Å². The van der Waals surface area contributed by atoms with E-state index in [9.17, 15) is 0 Å². The van der Waals surface area contributed by atoms with Gasteiger partial charge in [-0.3, -0.25) is 0 Å². The van der Waals surface area contributed by atoms with E-state index < -0.39 is 0 Å². The highest BCUT2D eigenvalue weighted by atomic mass is 15.0. The topological polar surface area (TPSA) is 20.7 Å². The molecule has 0 aliphatic heterocycles. The second-order valence-corrected chi connectivity index (χ2v) is 12.6. The molecule has 0 atom stereocenters. The van der Waals surface area contributed by atoms with Crippen molar-refractivity contribution in [1.82, 2.24) is 9.55 Å². The van der Waals surface area contributed by atoms with Gasteiger partial charge in [-0.15, -0.1) is 0 Å². The summed E-state index contributed by atoms with van der Waals surface area (Å²) in [7, 11) is 0. The molecule has 8 aromatic carbocycles. The summed E-state index contributed by atoms with van der Waals surface area (Å²) in [6.45, 7) is 0. The Morgan fingerprint density at radius 3 is 1.62 bits per heavy atom. The molecule has 0 unspecified atom stereocenters. The van der Waals surface area contributed by atoms with Crippen molar-refractivity contribution in [3.8, 4) is 39.1 Å². The molecule has 0 aliphatic rings. The molecule has 10 rings (SSSR count). The molecule has 0 saturated heterocycles. The van der Waals surface area contributed by atoms with Crippen LogP contribution in [-0.2, 0) is 0 Å². The van der Waals surface area contributed by atoms with Gasteiger partial charge in [-0.2, -0.15) is 0 Å². The first-order chi connectivity index (χ1) is 23.8. The number of hydrogen-bond acceptors (Lipinski definition) is 0. The normalized spacial score (nSPS) is 11.8. The second kappa shape index (κ2) is 10.6. The molecule has 2 aromatic heterocycles. The zero-order valence-corrected chi connectivity index (χ0v) is 26.2. The number of aromatic amines is 1. The molecule has 0 fully saturated rings. The van der Waals surface area contributed by atoms with Crippen LogP contribution in [-0.4, -0.2) is 9.55 Å². The number of nitrogens with one attached hydrogen (secondary N) is 1. The first kappa shape index (κ1) is 26.8. The first-order valence-electron chi connectivity index (χ1n) is 16.5. The minimum atomic E-state index is 1.17. The van der Waals surface area contributed by atoms with E-state index in [1.165, 1.54) is 93.5 Å². The third-order valence-corrected chi connectivity index (χ3v) is 9.96. The highest BCUT2D eigenvalue weighted by Gasteiger charge is 2.15. The van der Waals surface area contributed by atoms with Crippen LogP contribution >= 0.6 is 0 Å². The molecule has 0 aliphatic carbocycles. The summed E-state index contributed by atoms with van der Waals surface area (Å²) in [5, 5.41) is 7.58. The molecule has 48 heavy (non-hydrogen) atoms. The van der Waals surface area contributed by atoms with Crippen molar-refractivity contribution >= 4 is 54.4 Å².